The van der Waals surface area contributed by atoms with Gasteiger partial charge in [0.2, 0.25) is 0 Å². The number of urea groups is 1. The van der Waals surface area contributed by atoms with Crippen LogP contribution in [-0.2, 0) is 9.47 Å². The number of carbonyl (C=O) groups excluding carboxylic acids is 1. The lowest BCUT2D eigenvalue weighted by molar-refractivity contribution is 0.0773. The van der Waals surface area contributed by atoms with E-state index in [1.54, 1.807) is 0 Å². The maximum atomic E-state index is 11.0. The van der Waals surface area contributed by atoms with E-state index in [-0.39, 0.29) is 18.9 Å². The molecule has 0 atom stereocenters. The molecule has 0 aliphatic rings. The number of hydrogen-bond donors (Lipinski definition) is 2. The van der Waals surface area contributed by atoms with Crippen LogP contribution in [0.1, 0.15) is 20.3 Å². The third-order valence-electron chi connectivity index (χ3n) is 1.43. The van der Waals surface area contributed by atoms with Crippen LogP contribution in [0.25, 0.3) is 0 Å². The van der Waals surface area contributed by atoms with Crippen molar-refractivity contribution in [2.45, 2.75) is 26.4 Å². The molecule has 0 saturated heterocycles. The Morgan fingerprint density at radius 1 is 1.36 bits per heavy atom. The first kappa shape index (κ1) is 13.2. The Hall–Kier alpha value is -0.810. The van der Waals surface area contributed by atoms with Gasteiger partial charge >= 0.3 is 6.03 Å². The molecule has 5 nitrogen and oxygen atoms in total. The fourth-order valence-corrected chi connectivity index (χ4v) is 0.793. The van der Waals surface area contributed by atoms with Crippen LogP contribution in [0.5, 0.6) is 0 Å². The normalized spacial score (nSPS) is 10.3. The molecule has 5 heteroatoms. The first-order valence-electron chi connectivity index (χ1n) is 4.79. The molecule has 2 N–H and O–H groups in total. The number of methoxy groups -OCH3 is 1. The highest BCUT2D eigenvalue weighted by Gasteiger charge is 1.97. The van der Waals surface area contributed by atoms with Gasteiger partial charge in [-0.1, -0.05) is 0 Å². The van der Waals surface area contributed by atoms with Crippen molar-refractivity contribution in [3.05, 3.63) is 0 Å². The van der Waals surface area contributed by atoms with E-state index < -0.39 is 0 Å². The van der Waals surface area contributed by atoms with E-state index in [0.29, 0.717) is 13.2 Å². The first-order chi connectivity index (χ1) is 6.66. The summed E-state index contributed by atoms with van der Waals surface area (Å²) >= 11 is 0. The highest BCUT2D eigenvalue weighted by atomic mass is 16.5. The third kappa shape index (κ3) is 9.28. The maximum Gasteiger partial charge on any atom is 0.316 e. The number of amides is 2. The average Bonchev–Trinajstić information content (AvgIpc) is 2.13. The van der Waals surface area contributed by atoms with Crippen molar-refractivity contribution in [3.8, 4) is 0 Å². The Bertz CT molecular complexity index is 151. The molecule has 0 rings (SSSR count). The summed E-state index contributed by atoms with van der Waals surface area (Å²) in [7, 11) is 1.52. The predicted octanol–water partition coefficient (Wildman–Crippen LogP) is 0.705. The van der Waals surface area contributed by atoms with Gasteiger partial charge in [0.15, 0.2) is 0 Å². The summed E-state index contributed by atoms with van der Waals surface area (Å²) < 4.78 is 9.98. The number of ether oxygens (including phenoxy) is 2. The van der Waals surface area contributed by atoms with Crippen molar-refractivity contribution in [2.75, 3.05) is 27.0 Å². The second-order valence-electron chi connectivity index (χ2n) is 3.14. The van der Waals surface area contributed by atoms with E-state index in [4.69, 9.17) is 4.74 Å². The van der Waals surface area contributed by atoms with Crippen LogP contribution in [0.3, 0.4) is 0 Å². The molecule has 0 spiro atoms. The van der Waals surface area contributed by atoms with Crippen molar-refractivity contribution in [1.29, 1.82) is 0 Å². The molecule has 0 radical (unpaired) electrons. The lowest BCUT2D eigenvalue weighted by atomic mass is 10.4. The Kier molecular flexibility index (Phi) is 8.27. The molecular weight excluding hydrogens is 184 g/mol. The average molecular weight is 204 g/mol. The molecule has 0 heterocycles. The van der Waals surface area contributed by atoms with Gasteiger partial charge in [0.25, 0.3) is 0 Å². The largest absolute Gasteiger partial charge is 0.379 e. The van der Waals surface area contributed by atoms with Gasteiger partial charge in [-0.2, -0.15) is 0 Å². The van der Waals surface area contributed by atoms with Crippen LogP contribution in [0.4, 0.5) is 4.79 Å². The van der Waals surface area contributed by atoms with E-state index in [0.717, 1.165) is 6.42 Å². The Labute approximate surface area is 85.1 Å². The molecule has 0 aromatic carbocycles. The zero-order valence-electron chi connectivity index (χ0n) is 9.13. The molecule has 14 heavy (non-hydrogen) atoms. The fourth-order valence-electron chi connectivity index (χ4n) is 0.793. The highest BCUT2D eigenvalue weighted by Crippen LogP contribution is 1.88. The molecule has 0 unspecified atom stereocenters. The topological polar surface area (TPSA) is 59.6 Å². The summed E-state index contributed by atoms with van der Waals surface area (Å²) in [6.45, 7) is 5.48. The zero-order valence-corrected chi connectivity index (χ0v) is 9.13. The number of hydrogen-bond acceptors (Lipinski definition) is 3. The standard InChI is InChI=1S/C9H20N2O3/c1-8(2)14-6-4-5-10-9(12)11-7-13-3/h8H,4-7H2,1-3H3,(H2,10,11,12). The third-order valence-corrected chi connectivity index (χ3v) is 1.43. The van der Waals surface area contributed by atoms with Gasteiger partial charge in [-0.25, -0.2) is 4.79 Å². The molecule has 0 aromatic rings. The SMILES string of the molecule is COCNC(=O)NCCCOC(C)C. The van der Waals surface area contributed by atoms with Crippen molar-refractivity contribution >= 4 is 6.03 Å². The molecular formula is C9H20N2O3. The van der Waals surface area contributed by atoms with Gasteiger partial charge in [0, 0.05) is 20.3 Å². The van der Waals surface area contributed by atoms with Crippen LogP contribution in [0, 0.1) is 0 Å². The molecule has 0 saturated carbocycles. The number of nitrogens with one attached hydrogen (secondary N) is 2. The molecule has 84 valence electrons. The van der Waals surface area contributed by atoms with Crippen LogP contribution in [0.2, 0.25) is 0 Å². The molecule has 0 aliphatic carbocycles. The zero-order chi connectivity index (χ0) is 10.8. The quantitative estimate of drug-likeness (QED) is 0.474. The Morgan fingerprint density at radius 2 is 2.07 bits per heavy atom. The minimum Gasteiger partial charge on any atom is -0.379 e. The van der Waals surface area contributed by atoms with Crippen LogP contribution < -0.4 is 10.6 Å². The molecule has 0 aromatic heterocycles. The summed E-state index contributed by atoms with van der Waals surface area (Å²) in [4.78, 5) is 11.0. The number of carbonyl (C=O) groups is 1. The second kappa shape index (κ2) is 8.77. The monoisotopic (exact) mass is 204 g/mol. The van der Waals surface area contributed by atoms with Crippen molar-refractivity contribution < 1.29 is 14.3 Å². The molecule has 0 bridgehead atoms. The van der Waals surface area contributed by atoms with Gasteiger partial charge < -0.3 is 20.1 Å². The first-order valence-corrected chi connectivity index (χ1v) is 4.79. The van der Waals surface area contributed by atoms with E-state index >= 15 is 0 Å². The van der Waals surface area contributed by atoms with Crippen LogP contribution >= 0.6 is 0 Å². The van der Waals surface area contributed by atoms with Gasteiger partial charge in [-0.3, -0.25) is 0 Å². The maximum absolute atomic E-state index is 11.0. The Balaban J connectivity index is 3.15. The molecule has 0 aliphatic heterocycles. The lowest BCUT2D eigenvalue weighted by Crippen LogP contribution is -2.37. The smallest absolute Gasteiger partial charge is 0.316 e. The van der Waals surface area contributed by atoms with E-state index in [1.807, 2.05) is 13.8 Å². The highest BCUT2D eigenvalue weighted by molar-refractivity contribution is 5.73. The Morgan fingerprint density at radius 3 is 2.64 bits per heavy atom. The van der Waals surface area contributed by atoms with Gasteiger partial charge in [0.1, 0.15) is 6.73 Å². The van der Waals surface area contributed by atoms with Gasteiger partial charge in [-0.15, -0.1) is 0 Å². The summed E-state index contributed by atoms with van der Waals surface area (Å²) in [5.41, 5.74) is 0. The van der Waals surface area contributed by atoms with Crippen LogP contribution in [-0.4, -0.2) is 39.1 Å². The van der Waals surface area contributed by atoms with Crippen LogP contribution in [0.15, 0.2) is 0 Å². The second-order valence-corrected chi connectivity index (χ2v) is 3.14. The predicted molar refractivity (Wildman–Crippen MR) is 54.1 cm³/mol. The fraction of sp³-hybridized carbons (Fsp3) is 0.889. The van der Waals surface area contributed by atoms with E-state index in [1.165, 1.54) is 7.11 Å². The summed E-state index contributed by atoms with van der Waals surface area (Å²) in [6, 6.07) is -0.212. The lowest BCUT2D eigenvalue weighted by Gasteiger charge is -2.08. The van der Waals surface area contributed by atoms with Gasteiger partial charge in [0.05, 0.1) is 6.10 Å². The van der Waals surface area contributed by atoms with Crippen molar-refractivity contribution in [2.24, 2.45) is 0 Å². The molecule has 0 fully saturated rings. The minimum absolute atomic E-state index is 0.212. The minimum atomic E-state index is -0.212. The van der Waals surface area contributed by atoms with E-state index in [9.17, 15) is 4.79 Å². The van der Waals surface area contributed by atoms with E-state index in [2.05, 4.69) is 15.4 Å². The van der Waals surface area contributed by atoms with Gasteiger partial charge in [-0.05, 0) is 20.3 Å². The summed E-state index contributed by atoms with van der Waals surface area (Å²) in [5, 5.41) is 5.20. The van der Waals surface area contributed by atoms with Crippen molar-refractivity contribution in [1.82, 2.24) is 10.6 Å². The number of rotatable bonds is 7. The summed E-state index contributed by atoms with van der Waals surface area (Å²) in [6.07, 6.45) is 1.07. The molecule has 2 amide bonds. The summed E-state index contributed by atoms with van der Waals surface area (Å²) in [5.74, 6) is 0. The van der Waals surface area contributed by atoms with Crippen molar-refractivity contribution in [3.63, 3.8) is 0 Å².